The first-order chi connectivity index (χ1) is 7.75. The Morgan fingerprint density at radius 1 is 1.38 bits per heavy atom. The standard InChI is InChI=1S/C13H11FO2/c14-8-5-6-12-10(7-8)13(15)9-3-1-2-4-11(9)16-12/h3,5-7,11H,1-2,4H2. The first-order valence-corrected chi connectivity index (χ1v) is 5.46. The van der Waals surface area contributed by atoms with Crippen LogP contribution in [0, 0.1) is 5.82 Å². The van der Waals surface area contributed by atoms with Crippen molar-refractivity contribution >= 4 is 5.78 Å². The predicted molar refractivity (Wildman–Crippen MR) is 57.1 cm³/mol. The molecule has 0 N–H and O–H groups in total. The quantitative estimate of drug-likeness (QED) is 0.669. The molecule has 2 nitrogen and oxygen atoms in total. The molecule has 0 spiro atoms. The number of Topliss-reactive ketones (excluding diaryl/α,β-unsaturated/α-hetero) is 1. The third kappa shape index (κ3) is 1.35. The van der Waals surface area contributed by atoms with Gasteiger partial charge in [-0.15, -0.1) is 0 Å². The van der Waals surface area contributed by atoms with E-state index in [0.717, 1.165) is 19.3 Å². The van der Waals surface area contributed by atoms with Crippen LogP contribution >= 0.6 is 0 Å². The smallest absolute Gasteiger partial charge is 0.196 e. The van der Waals surface area contributed by atoms with Crippen LogP contribution in [0.15, 0.2) is 29.8 Å². The van der Waals surface area contributed by atoms with Crippen molar-refractivity contribution in [2.45, 2.75) is 25.4 Å². The van der Waals surface area contributed by atoms with E-state index in [9.17, 15) is 9.18 Å². The number of hydrogen-bond acceptors (Lipinski definition) is 2. The van der Waals surface area contributed by atoms with Crippen LogP contribution in [-0.4, -0.2) is 11.9 Å². The normalized spacial score (nSPS) is 22.9. The lowest BCUT2D eigenvalue weighted by atomic mass is 9.88. The zero-order valence-corrected chi connectivity index (χ0v) is 8.70. The molecule has 1 aliphatic carbocycles. The van der Waals surface area contributed by atoms with Crippen molar-refractivity contribution in [2.24, 2.45) is 0 Å². The first-order valence-electron chi connectivity index (χ1n) is 5.46. The van der Waals surface area contributed by atoms with Crippen molar-refractivity contribution in [2.75, 3.05) is 0 Å². The Morgan fingerprint density at radius 2 is 2.25 bits per heavy atom. The Kier molecular flexibility index (Phi) is 2.06. The fourth-order valence-corrected chi connectivity index (χ4v) is 2.30. The van der Waals surface area contributed by atoms with Crippen LogP contribution in [0.5, 0.6) is 5.75 Å². The van der Waals surface area contributed by atoms with E-state index in [1.165, 1.54) is 18.2 Å². The summed E-state index contributed by atoms with van der Waals surface area (Å²) < 4.78 is 18.8. The van der Waals surface area contributed by atoms with Crippen molar-refractivity contribution in [1.29, 1.82) is 0 Å². The predicted octanol–water partition coefficient (Wildman–Crippen LogP) is 2.88. The lowest BCUT2D eigenvalue weighted by molar-refractivity contribution is 0.0946. The Morgan fingerprint density at radius 3 is 3.12 bits per heavy atom. The fourth-order valence-electron chi connectivity index (χ4n) is 2.30. The topological polar surface area (TPSA) is 26.3 Å². The Hall–Kier alpha value is -1.64. The molecule has 1 aromatic rings. The Labute approximate surface area is 92.7 Å². The molecule has 0 radical (unpaired) electrons. The van der Waals surface area contributed by atoms with Crippen LogP contribution in [0.2, 0.25) is 0 Å². The van der Waals surface area contributed by atoms with Gasteiger partial charge in [0.15, 0.2) is 5.78 Å². The van der Waals surface area contributed by atoms with Crippen LogP contribution in [0.3, 0.4) is 0 Å². The molecule has 1 heterocycles. The molecule has 0 fully saturated rings. The van der Waals surface area contributed by atoms with Crippen molar-refractivity contribution in [3.05, 3.63) is 41.2 Å². The Balaban J connectivity index is 2.12. The molecule has 1 aromatic carbocycles. The van der Waals surface area contributed by atoms with Crippen molar-refractivity contribution in [3.63, 3.8) is 0 Å². The summed E-state index contributed by atoms with van der Waals surface area (Å²) in [7, 11) is 0. The minimum absolute atomic E-state index is 0.0783. The molecule has 0 saturated heterocycles. The molecule has 0 saturated carbocycles. The second-order valence-electron chi connectivity index (χ2n) is 4.17. The lowest BCUT2D eigenvalue weighted by Gasteiger charge is -2.30. The van der Waals surface area contributed by atoms with Crippen LogP contribution < -0.4 is 4.74 Å². The first kappa shape index (κ1) is 9.58. The molecule has 3 rings (SSSR count). The van der Waals surface area contributed by atoms with E-state index in [4.69, 9.17) is 4.74 Å². The summed E-state index contributed by atoms with van der Waals surface area (Å²) in [5.74, 6) is 0.0338. The number of fused-ring (bicyclic) bond motifs is 2. The van der Waals surface area contributed by atoms with E-state index in [-0.39, 0.29) is 11.9 Å². The second kappa shape index (κ2) is 3.44. The maximum Gasteiger partial charge on any atom is 0.196 e. The molecule has 1 unspecified atom stereocenters. The largest absolute Gasteiger partial charge is 0.485 e. The molecule has 0 bridgehead atoms. The number of allylic oxidation sites excluding steroid dienone is 1. The molecular formula is C13H11FO2. The number of carbonyl (C=O) groups excluding carboxylic acids is 1. The lowest BCUT2D eigenvalue weighted by Crippen LogP contribution is -2.31. The molecule has 2 aliphatic rings. The summed E-state index contributed by atoms with van der Waals surface area (Å²) in [6.45, 7) is 0. The minimum Gasteiger partial charge on any atom is -0.485 e. The monoisotopic (exact) mass is 218 g/mol. The zero-order chi connectivity index (χ0) is 11.1. The Bertz CT molecular complexity index is 491. The van der Waals surface area contributed by atoms with Crippen LogP contribution in [0.25, 0.3) is 0 Å². The third-order valence-electron chi connectivity index (χ3n) is 3.10. The number of hydrogen-bond donors (Lipinski definition) is 0. The maximum atomic E-state index is 13.1. The summed E-state index contributed by atoms with van der Waals surface area (Å²) in [6.07, 6.45) is 4.61. The van der Waals surface area contributed by atoms with Crippen LogP contribution in [0.4, 0.5) is 4.39 Å². The van der Waals surface area contributed by atoms with Gasteiger partial charge in [-0.05, 0) is 37.5 Å². The number of carbonyl (C=O) groups is 1. The zero-order valence-electron chi connectivity index (χ0n) is 8.70. The number of rotatable bonds is 0. The highest BCUT2D eigenvalue weighted by atomic mass is 19.1. The molecule has 0 amide bonds. The molecule has 3 heteroatoms. The van der Waals surface area contributed by atoms with Crippen molar-refractivity contribution in [1.82, 2.24) is 0 Å². The van der Waals surface area contributed by atoms with Gasteiger partial charge in [-0.1, -0.05) is 6.08 Å². The molecular weight excluding hydrogens is 207 g/mol. The molecule has 1 atom stereocenters. The summed E-state index contributed by atoms with van der Waals surface area (Å²) in [5, 5.41) is 0. The summed E-state index contributed by atoms with van der Waals surface area (Å²) in [5.41, 5.74) is 1.05. The summed E-state index contributed by atoms with van der Waals surface area (Å²) in [4.78, 5) is 12.1. The van der Waals surface area contributed by atoms with Gasteiger partial charge in [0.25, 0.3) is 0 Å². The van der Waals surface area contributed by atoms with E-state index in [1.54, 1.807) is 0 Å². The average Bonchev–Trinajstić information content (AvgIpc) is 2.31. The van der Waals surface area contributed by atoms with E-state index < -0.39 is 5.82 Å². The SMILES string of the molecule is O=C1C2=CCCCC2Oc2ccc(F)cc21. The minimum atomic E-state index is -0.398. The van der Waals surface area contributed by atoms with Crippen molar-refractivity contribution < 1.29 is 13.9 Å². The second-order valence-corrected chi connectivity index (χ2v) is 4.17. The fraction of sp³-hybridized carbons (Fsp3) is 0.308. The molecule has 82 valence electrons. The van der Waals surface area contributed by atoms with E-state index in [2.05, 4.69) is 0 Å². The van der Waals surface area contributed by atoms with Gasteiger partial charge < -0.3 is 4.74 Å². The highest BCUT2D eigenvalue weighted by Gasteiger charge is 2.32. The molecule has 1 aliphatic heterocycles. The molecule has 0 aromatic heterocycles. The number of ether oxygens (including phenoxy) is 1. The number of benzene rings is 1. The molecule has 16 heavy (non-hydrogen) atoms. The van der Waals surface area contributed by atoms with Crippen molar-refractivity contribution in [3.8, 4) is 5.75 Å². The van der Waals surface area contributed by atoms with Gasteiger partial charge in [0.2, 0.25) is 0 Å². The number of ketones is 1. The van der Waals surface area contributed by atoms with Gasteiger partial charge in [0, 0.05) is 5.57 Å². The maximum absolute atomic E-state index is 13.1. The highest BCUT2D eigenvalue weighted by Crippen LogP contribution is 2.35. The van der Waals surface area contributed by atoms with Crippen LogP contribution in [0.1, 0.15) is 29.6 Å². The van der Waals surface area contributed by atoms with Gasteiger partial charge in [0.1, 0.15) is 17.7 Å². The van der Waals surface area contributed by atoms with Crippen LogP contribution in [-0.2, 0) is 0 Å². The van der Waals surface area contributed by atoms with E-state index >= 15 is 0 Å². The summed E-state index contributed by atoms with van der Waals surface area (Å²) >= 11 is 0. The van der Waals surface area contributed by atoms with Gasteiger partial charge in [-0.25, -0.2) is 4.39 Å². The van der Waals surface area contributed by atoms with Gasteiger partial charge in [0.05, 0.1) is 5.56 Å². The number of halogens is 1. The third-order valence-corrected chi connectivity index (χ3v) is 3.10. The van der Waals surface area contributed by atoms with Gasteiger partial charge in [-0.3, -0.25) is 4.79 Å². The van der Waals surface area contributed by atoms with Gasteiger partial charge >= 0.3 is 0 Å². The summed E-state index contributed by atoms with van der Waals surface area (Å²) in [6, 6.07) is 4.11. The highest BCUT2D eigenvalue weighted by molar-refractivity contribution is 6.12. The van der Waals surface area contributed by atoms with E-state index in [1.807, 2.05) is 6.08 Å². The van der Waals surface area contributed by atoms with Gasteiger partial charge in [-0.2, -0.15) is 0 Å². The van der Waals surface area contributed by atoms with E-state index in [0.29, 0.717) is 16.9 Å². The average molecular weight is 218 g/mol.